The van der Waals surface area contributed by atoms with Crippen molar-refractivity contribution < 1.29 is 8.42 Å². The first-order chi connectivity index (χ1) is 10.6. The molecular weight excluding hydrogens is 298 g/mol. The lowest BCUT2D eigenvalue weighted by Gasteiger charge is -2.29. The Morgan fingerprint density at radius 3 is 1.91 bits per heavy atom. The quantitative estimate of drug-likeness (QED) is 0.927. The molecule has 0 bridgehead atoms. The number of anilines is 2. The van der Waals surface area contributed by atoms with E-state index in [-0.39, 0.29) is 0 Å². The molecule has 0 spiro atoms. The zero-order valence-electron chi connectivity index (χ0n) is 13.0. The molecule has 0 atom stereocenters. The predicted octanol–water partition coefficient (Wildman–Crippen LogP) is 2.82. The molecule has 1 aromatic carbocycles. The van der Waals surface area contributed by atoms with Gasteiger partial charge in [-0.05, 0) is 56.4 Å². The fraction of sp³-hybridized carbons (Fsp3) is 0.625. The Morgan fingerprint density at radius 1 is 0.773 bits per heavy atom. The summed E-state index contributed by atoms with van der Waals surface area (Å²) in [6.45, 7) is 3.44. The summed E-state index contributed by atoms with van der Waals surface area (Å²) >= 11 is 0. The maximum Gasteiger partial charge on any atom is 0.301 e. The highest BCUT2D eigenvalue weighted by Crippen LogP contribution is 2.23. The molecule has 5 nitrogen and oxygen atoms in total. The first-order valence-corrected chi connectivity index (χ1v) is 9.72. The van der Waals surface area contributed by atoms with Gasteiger partial charge in [-0.2, -0.15) is 12.7 Å². The third-order valence-electron chi connectivity index (χ3n) is 4.49. The minimum absolute atomic E-state index is 0.626. The fourth-order valence-electron chi connectivity index (χ4n) is 3.21. The van der Waals surface area contributed by atoms with E-state index in [1.807, 2.05) is 24.3 Å². The zero-order chi connectivity index (χ0) is 15.4. The zero-order valence-corrected chi connectivity index (χ0v) is 13.8. The lowest BCUT2D eigenvalue weighted by molar-refractivity contribution is 0.349. The number of nitrogens with zero attached hydrogens (tertiary/aromatic N) is 2. The van der Waals surface area contributed by atoms with E-state index in [9.17, 15) is 8.42 Å². The topological polar surface area (TPSA) is 52.7 Å². The monoisotopic (exact) mass is 323 g/mol. The summed E-state index contributed by atoms with van der Waals surface area (Å²) in [6.07, 6.45) is 6.82. The van der Waals surface area contributed by atoms with Crippen LogP contribution in [-0.2, 0) is 10.2 Å². The summed E-state index contributed by atoms with van der Waals surface area (Å²) in [5.41, 5.74) is 1.83. The van der Waals surface area contributed by atoms with Crippen LogP contribution in [0.1, 0.15) is 38.5 Å². The van der Waals surface area contributed by atoms with Gasteiger partial charge in [0.2, 0.25) is 0 Å². The molecule has 2 saturated heterocycles. The van der Waals surface area contributed by atoms with Crippen LogP contribution >= 0.6 is 0 Å². The summed E-state index contributed by atoms with van der Waals surface area (Å²) in [4.78, 5) is 2.37. The average molecular weight is 323 g/mol. The Kier molecular flexibility index (Phi) is 4.88. The molecule has 3 rings (SSSR count). The molecule has 2 aliphatic rings. The molecule has 0 saturated carbocycles. The van der Waals surface area contributed by atoms with Gasteiger partial charge in [0.05, 0.1) is 0 Å². The minimum atomic E-state index is -3.40. The molecular formula is C16H25N3O2S. The highest BCUT2D eigenvalue weighted by molar-refractivity contribution is 7.90. The average Bonchev–Trinajstić information content (AvgIpc) is 2.57. The molecule has 1 N–H and O–H groups in total. The highest BCUT2D eigenvalue weighted by atomic mass is 32.2. The highest BCUT2D eigenvalue weighted by Gasteiger charge is 2.23. The Balaban J connectivity index is 1.65. The number of rotatable bonds is 4. The normalized spacial score (nSPS) is 20.8. The maximum absolute atomic E-state index is 12.3. The van der Waals surface area contributed by atoms with Gasteiger partial charge in [0, 0.05) is 37.6 Å². The summed E-state index contributed by atoms with van der Waals surface area (Å²) in [6, 6.07) is 7.76. The number of benzene rings is 1. The van der Waals surface area contributed by atoms with Crippen LogP contribution in [0.2, 0.25) is 0 Å². The van der Waals surface area contributed by atoms with E-state index < -0.39 is 10.2 Å². The molecule has 0 amide bonds. The molecule has 1 aromatic rings. The van der Waals surface area contributed by atoms with Crippen LogP contribution in [0, 0.1) is 0 Å². The molecule has 2 fully saturated rings. The Bertz CT molecular complexity index is 574. The van der Waals surface area contributed by atoms with Crippen LogP contribution in [-0.4, -0.2) is 38.9 Å². The van der Waals surface area contributed by atoms with Crippen LogP contribution in [0.25, 0.3) is 0 Å². The molecule has 122 valence electrons. The molecule has 2 heterocycles. The van der Waals surface area contributed by atoms with Crippen LogP contribution < -0.4 is 9.62 Å². The first kappa shape index (κ1) is 15.6. The maximum atomic E-state index is 12.3. The van der Waals surface area contributed by atoms with Crippen molar-refractivity contribution in [3.8, 4) is 0 Å². The Morgan fingerprint density at radius 2 is 1.32 bits per heavy atom. The van der Waals surface area contributed by atoms with Crippen molar-refractivity contribution in [2.24, 2.45) is 0 Å². The first-order valence-electron chi connectivity index (χ1n) is 8.28. The number of nitrogens with one attached hydrogen (secondary N) is 1. The molecule has 0 radical (unpaired) electrons. The van der Waals surface area contributed by atoms with Gasteiger partial charge in [-0.3, -0.25) is 4.72 Å². The van der Waals surface area contributed by atoms with Gasteiger partial charge < -0.3 is 4.90 Å². The van der Waals surface area contributed by atoms with Crippen molar-refractivity contribution in [2.75, 3.05) is 35.8 Å². The minimum Gasteiger partial charge on any atom is -0.372 e. The molecule has 0 unspecified atom stereocenters. The van der Waals surface area contributed by atoms with Crippen molar-refractivity contribution in [1.82, 2.24) is 4.31 Å². The fourth-order valence-corrected chi connectivity index (χ4v) is 4.51. The van der Waals surface area contributed by atoms with Gasteiger partial charge in [0.15, 0.2) is 0 Å². The summed E-state index contributed by atoms with van der Waals surface area (Å²) in [5, 5.41) is 0. The molecule has 6 heteroatoms. The number of hydrogen-bond donors (Lipinski definition) is 1. The van der Waals surface area contributed by atoms with Crippen LogP contribution in [0.15, 0.2) is 24.3 Å². The van der Waals surface area contributed by atoms with Gasteiger partial charge >= 0.3 is 10.2 Å². The smallest absolute Gasteiger partial charge is 0.301 e. The lowest BCUT2D eigenvalue weighted by Crippen LogP contribution is -2.39. The van der Waals surface area contributed by atoms with E-state index in [1.165, 1.54) is 24.9 Å². The Labute approximate surface area is 133 Å². The molecule has 0 aliphatic carbocycles. The summed E-state index contributed by atoms with van der Waals surface area (Å²) in [7, 11) is -3.40. The van der Waals surface area contributed by atoms with E-state index in [1.54, 1.807) is 4.31 Å². The van der Waals surface area contributed by atoms with Crippen LogP contribution in [0.3, 0.4) is 0 Å². The largest absolute Gasteiger partial charge is 0.372 e. The molecule has 22 heavy (non-hydrogen) atoms. The van der Waals surface area contributed by atoms with Gasteiger partial charge in [-0.1, -0.05) is 6.42 Å². The molecule has 0 aromatic heterocycles. The van der Waals surface area contributed by atoms with Crippen molar-refractivity contribution >= 4 is 21.6 Å². The van der Waals surface area contributed by atoms with Gasteiger partial charge in [-0.15, -0.1) is 0 Å². The Hall–Kier alpha value is -1.27. The van der Waals surface area contributed by atoms with E-state index in [4.69, 9.17) is 0 Å². The van der Waals surface area contributed by atoms with Gasteiger partial charge in [0.25, 0.3) is 0 Å². The van der Waals surface area contributed by atoms with Gasteiger partial charge in [-0.25, -0.2) is 0 Å². The summed E-state index contributed by atoms with van der Waals surface area (Å²) in [5.74, 6) is 0. The van der Waals surface area contributed by atoms with Crippen molar-refractivity contribution in [1.29, 1.82) is 0 Å². The van der Waals surface area contributed by atoms with E-state index in [0.29, 0.717) is 18.8 Å². The number of hydrogen-bond acceptors (Lipinski definition) is 3. The van der Waals surface area contributed by atoms with Gasteiger partial charge in [0.1, 0.15) is 0 Å². The van der Waals surface area contributed by atoms with E-state index in [0.717, 1.165) is 32.4 Å². The SMILES string of the molecule is O=S(=O)(Nc1ccc(N2CCCCC2)cc1)N1CCCCC1. The van der Waals surface area contributed by atoms with E-state index in [2.05, 4.69) is 9.62 Å². The van der Waals surface area contributed by atoms with Crippen LogP contribution in [0.5, 0.6) is 0 Å². The van der Waals surface area contributed by atoms with Crippen molar-refractivity contribution in [3.63, 3.8) is 0 Å². The lowest BCUT2D eigenvalue weighted by atomic mass is 10.1. The third kappa shape index (κ3) is 3.73. The predicted molar refractivity (Wildman–Crippen MR) is 90.5 cm³/mol. The van der Waals surface area contributed by atoms with Crippen molar-refractivity contribution in [3.05, 3.63) is 24.3 Å². The number of piperidine rings is 2. The second-order valence-electron chi connectivity index (χ2n) is 6.16. The van der Waals surface area contributed by atoms with E-state index >= 15 is 0 Å². The van der Waals surface area contributed by atoms with Crippen LogP contribution in [0.4, 0.5) is 11.4 Å². The third-order valence-corrected chi connectivity index (χ3v) is 6.03. The second kappa shape index (κ2) is 6.87. The standard InChI is InChI=1S/C16H25N3O2S/c20-22(21,19-13-5-2-6-14-19)17-15-7-9-16(10-8-15)18-11-3-1-4-12-18/h7-10,17H,1-6,11-14H2. The summed E-state index contributed by atoms with van der Waals surface area (Å²) < 4.78 is 28.9. The van der Waals surface area contributed by atoms with Crippen molar-refractivity contribution in [2.45, 2.75) is 38.5 Å². The molecule has 2 aliphatic heterocycles. The second-order valence-corrected chi connectivity index (χ2v) is 7.83.